The lowest BCUT2D eigenvalue weighted by atomic mass is 10.2. The minimum absolute atomic E-state index is 0.131. The maximum absolute atomic E-state index is 11.4. The lowest BCUT2D eigenvalue weighted by molar-refractivity contribution is 0.415. The third kappa shape index (κ3) is 2.24. The van der Waals surface area contributed by atoms with E-state index in [1.807, 2.05) is 46.9 Å². The Kier molecular flexibility index (Phi) is 3.23. The molecule has 0 aliphatic heterocycles. The van der Waals surface area contributed by atoms with Crippen LogP contribution in [0.2, 0.25) is 0 Å². The van der Waals surface area contributed by atoms with Gasteiger partial charge in [-0.3, -0.25) is 4.79 Å². The van der Waals surface area contributed by atoms with E-state index in [1.165, 1.54) is 0 Å². The molecule has 5 heteroatoms. The average molecular weight is 328 g/mol. The predicted molar refractivity (Wildman–Crippen MR) is 69.6 cm³/mol. The molecular formula is C11H9IN2O2. The third-order valence-electron chi connectivity index (χ3n) is 2.10. The first-order valence-electron chi connectivity index (χ1n) is 4.60. The molecule has 0 saturated heterocycles. The molecule has 0 radical (unpaired) electrons. The minimum Gasteiger partial charge on any atom is -0.497 e. The van der Waals surface area contributed by atoms with Crippen molar-refractivity contribution in [1.29, 1.82) is 0 Å². The van der Waals surface area contributed by atoms with Crippen LogP contribution in [-0.2, 0) is 0 Å². The Morgan fingerprint density at radius 2 is 2.25 bits per heavy atom. The Morgan fingerprint density at radius 3 is 2.94 bits per heavy atom. The van der Waals surface area contributed by atoms with E-state index in [1.54, 1.807) is 13.3 Å². The Balaban J connectivity index is 2.50. The summed E-state index contributed by atoms with van der Waals surface area (Å²) in [7, 11) is 1.60. The molecule has 1 N–H and O–H groups in total. The van der Waals surface area contributed by atoms with Crippen LogP contribution in [0, 0.1) is 3.57 Å². The second-order valence-corrected chi connectivity index (χ2v) is 4.30. The molecule has 1 aromatic carbocycles. The van der Waals surface area contributed by atoms with Gasteiger partial charge in [-0.15, -0.1) is 0 Å². The number of benzene rings is 1. The summed E-state index contributed by atoms with van der Waals surface area (Å²) < 4.78 is 5.68. The molecule has 0 atom stereocenters. The fourth-order valence-electron chi connectivity index (χ4n) is 1.30. The maximum atomic E-state index is 11.4. The van der Waals surface area contributed by atoms with E-state index in [2.05, 4.69) is 9.97 Å². The number of halogens is 1. The summed E-state index contributed by atoms with van der Waals surface area (Å²) in [5.41, 5.74) is 0.696. The Morgan fingerprint density at radius 1 is 1.44 bits per heavy atom. The quantitative estimate of drug-likeness (QED) is 0.859. The molecule has 0 aliphatic carbocycles. The fourth-order valence-corrected chi connectivity index (χ4v) is 1.57. The number of hydrogen-bond acceptors (Lipinski definition) is 3. The van der Waals surface area contributed by atoms with Crippen LogP contribution in [0.4, 0.5) is 0 Å². The van der Waals surface area contributed by atoms with Crippen molar-refractivity contribution in [2.24, 2.45) is 0 Å². The summed E-state index contributed by atoms with van der Waals surface area (Å²) in [6, 6.07) is 7.39. The molecule has 16 heavy (non-hydrogen) atoms. The summed E-state index contributed by atoms with van der Waals surface area (Å²) >= 11 is 1.94. The predicted octanol–water partition coefficient (Wildman–Crippen LogP) is 2.05. The van der Waals surface area contributed by atoms with Gasteiger partial charge in [-0.1, -0.05) is 12.1 Å². The molecule has 0 bridgehead atoms. The van der Waals surface area contributed by atoms with E-state index in [0.717, 1.165) is 11.3 Å². The average Bonchev–Trinajstić information content (AvgIpc) is 2.33. The van der Waals surface area contributed by atoms with Crippen LogP contribution in [0.25, 0.3) is 11.4 Å². The fraction of sp³-hybridized carbons (Fsp3) is 0.0909. The van der Waals surface area contributed by atoms with Gasteiger partial charge < -0.3 is 9.72 Å². The molecule has 0 unspecified atom stereocenters. The van der Waals surface area contributed by atoms with Gasteiger partial charge in [-0.05, 0) is 34.7 Å². The number of rotatable bonds is 2. The molecule has 0 saturated carbocycles. The van der Waals surface area contributed by atoms with Gasteiger partial charge in [0.1, 0.15) is 11.6 Å². The lowest BCUT2D eigenvalue weighted by Crippen LogP contribution is -2.11. The van der Waals surface area contributed by atoms with E-state index in [4.69, 9.17) is 4.74 Å². The third-order valence-corrected chi connectivity index (χ3v) is 2.87. The zero-order chi connectivity index (χ0) is 11.5. The smallest absolute Gasteiger partial charge is 0.264 e. The highest BCUT2D eigenvalue weighted by Crippen LogP contribution is 2.19. The number of hydrogen-bond donors (Lipinski definition) is 1. The molecule has 0 fully saturated rings. The van der Waals surface area contributed by atoms with Crippen LogP contribution in [0.15, 0.2) is 35.3 Å². The summed E-state index contributed by atoms with van der Waals surface area (Å²) in [4.78, 5) is 18.3. The minimum atomic E-state index is -0.131. The number of ether oxygens (including phenoxy) is 1. The van der Waals surface area contributed by atoms with Crippen molar-refractivity contribution < 1.29 is 4.74 Å². The summed E-state index contributed by atoms with van der Waals surface area (Å²) in [5.74, 6) is 1.28. The standard InChI is InChI=1S/C11H9IN2O2/c1-16-8-4-2-3-7(5-8)10-13-6-9(12)11(15)14-10/h2-6H,1H3,(H,13,14,15). The lowest BCUT2D eigenvalue weighted by Gasteiger charge is -2.03. The first-order valence-corrected chi connectivity index (χ1v) is 5.68. The number of aromatic amines is 1. The van der Waals surface area contributed by atoms with Gasteiger partial charge in [0.25, 0.3) is 5.56 Å². The highest BCUT2D eigenvalue weighted by molar-refractivity contribution is 14.1. The van der Waals surface area contributed by atoms with Gasteiger partial charge >= 0.3 is 0 Å². The van der Waals surface area contributed by atoms with Gasteiger partial charge in [0, 0.05) is 11.8 Å². The molecular weight excluding hydrogens is 319 g/mol. The second kappa shape index (κ2) is 4.65. The van der Waals surface area contributed by atoms with Crippen molar-refractivity contribution in [3.05, 3.63) is 44.4 Å². The molecule has 1 aromatic heterocycles. The van der Waals surface area contributed by atoms with Crippen LogP contribution in [0.3, 0.4) is 0 Å². The summed E-state index contributed by atoms with van der Waals surface area (Å²) in [6.45, 7) is 0. The van der Waals surface area contributed by atoms with Crippen LogP contribution < -0.4 is 10.3 Å². The van der Waals surface area contributed by atoms with Crippen LogP contribution >= 0.6 is 22.6 Å². The molecule has 0 amide bonds. The Hall–Kier alpha value is -1.37. The van der Waals surface area contributed by atoms with Gasteiger partial charge in [0.15, 0.2) is 0 Å². The monoisotopic (exact) mass is 328 g/mol. The Labute approximate surface area is 106 Å². The maximum Gasteiger partial charge on any atom is 0.264 e. The summed E-state index contributed by atoms with van der Waals surface area (Å²) in [5, 5.41) is 0. The first kappa shape index (κ1) is 11.1. The van der Waals surface area contributed by atoms with Crippen molar-refractivity contribution in [3.8, 4) is 17.1 Å². The molecule has 0 aliphatic rings. The van der Waals surface area contributed by atoms with Gasteiger partial charge in [-0.2, -0.15) is 0 Å². The topological polar surface area (TPSA) is 55.0 Å². The number of H-pyrrole nitrogens is 1. The van der Waals surface area contributed by atoms with E-state index < -0.39 is 0 Å². The molecule has 2 rings (SSSR count). The molecule has 1 heterocycles. The SMILES string of the molecule is COc1cccc(-c2ncc(I)c(=O)[nH]2)c1. The summed E-state index contributed by atoms with van der Waals surface area (Å²) in [6.07, 6.45) is 1.55. The van der Waals surface area contributed by atoms with Crippen LogP contribution in [0.5, 0.6) is 5.75 Å². The number of aromatic nitrogens is 2. The molecule has 4 nitrogen and oxygen atoms in total. The van der Waals surface area contributed by atoms with Crippen molar-refractivity contribution in [3.63, 3.8) is 0 Å². The zero-order valence-corrected chi connectivity index (χ0v) is 10.7. The Bertz CT molecular complexity index is 566. The normalized spacial score (nSPS) is 10.1. The van der Waals surface area contributed by atoms with Crippen molar-refractivity contribution in [2.75, 3.05) is 7.11 Å². The highest BCUT2D eigenvalue weighted by Gasteiger charge is 2.03. The number of nitrogens with zero attached hydrogens (tertiary/aromatic N) is 1. The van der Waals surface area contributed by atoms with Crippen molar-refractivity contribution in [2.45, 2.75) is 0 Å². The van der Waals surface area contributed by atoms with E-state index in [0.29, 0.717) is 9.39 Å². The van der Waals surface area contributed by atoms with Crippen LogP contribution in [-0.4, -0.2) is 17.1 Å². The largest absolute Gasteiger partial charge is 0.497 e. The number of methoxy groups -OCH3 is 1. The first-order chi connectivity index (χ1) is 7.70. The molecule has 0 spiro atoms. The van der Waals surface area contributed by atoms with E-state index in [-0.39, 0.29) is 5.56 Å². The number of nitrogens with one attached hydrogen (secondary N) is 1. The highest BCUT2D eigenvalue weighted by atomic mass is 127. The van der Waals surface area contributed by atoms with Crippen molar-refractivity contribution >= 4 is 22.6 Å². The van der Waals surface area contributed by atoms with Gasteiger partial charge in [0.2, 0.25) is 0 Å². The molecule has 82 valence electrons. The van der Waals surface area contributed by atoms with Crippen molar-refractivity contribution in [1.82, 2.24) is 9.97 Å². The second-order valence-electron chi connectivity index (χ2n) is 3.14. The van der Waals surface area contributed by atoms with Gasteiger partial charge in [-0.25, -0.2) is 4.98 Å². The zero-order valence-electron chi connectivity index (χ0n) is 8.53. The van der Waals surface area contributed by atoms with E-state index in [9.17, 15) is 4.79 Å². The van der Waals surface area contributed by atoms with Crippen LogP contribution in [0.1, 0.15) is 0 Å². The van der Waals surface area contributed by atoms with E-state index >= 15 is 0 Å². The molecule has 2 aromatic rings. The van der Waals surface area contributed by atoms with Gasteiger partial charge in [0.05, 0.1) is 10.7 Å².